The molecule has 1 saturated carbocycles. The Bertz CT molecular complexity index is 1320. The minimum atomic E-state index is -1.88. The second-order valence-electron chi connectivity index (χ2n) is 12.6. The highest BCUT2D eigenvalue weighted by Gasteiger charge is 2.44. The van der Waals surface area contributed by atoms with Gasteiger partial charge in [-0.1, -0.05) is 57.2 Å². The molecule has 0 radical (unpaired) electrons. The van der Waals surface area contributed by atoms with Crippen molar-refractivity contribution in [2.24, 2.45) is 11.8 Å². The van der Waals surface area contributed by atoms with Gasteiger partial charge in [0.2, 0.25) is 5.71 Å². The Balaban J connectivity index is 1.31. The Hall–Kier alpha value is -1.98. The van der Waals surface area contributed by atoms with Crippen molar-refractivity contribution in [2.75, 3.05) is 23.3 Å². The second-order valence-corrected chi connectivity index (χ2v) is 19.0. The van der Waals surface area contributed by atoms with Crippen molar-refractivity contribution in [3.05, 3.63) is 48.1 Å². The Kier molecular flexibility index (Phi) is 7.41. The van der Waals surface area contributed by atoms with Gasteiger partial charge in [0.25, 0.3) is 5.91 Å². The standard InChI is InChI=1S/C29H39IN4O3Si/c1-17-12-20(17)25-13-19-8-9-22(33-28(19)36-25)27(35)32-23-14-31-11-10-24(23)34-15-18(2)26(21(30)16-34)37-38(6,7)29(3,4)5/h8-11,13-14,17-18,20-21,26H,12,15-16H2,1-7H3,(H,32,35)/t17?,18-,20?,21+,26+/m0/s1. The van der Waals surface area contributed by atoms with Gasteiger partial charge in [0, 0.05) is 30.6 Å². The first kappa shape index (κ1) is 27.6. The van der Waals surface area contributed by atoms with E-state index in [1.807, 2.05) is 12.1 Å². The molecular formula is C29H39IN4O3Si. The lowest BCUT2D eigenvalue weighted by Gasteiger charge is -2.47. The topological polar surface area (TPSA) is 80.5 Å². The minimum Gasteiger partial charge on any atom is -0.442 e. The summed E-state index contributed by atoms with van der Waals surface area (Å²) in [6.45, 7) is 17.7. The van der Waals surface area contributed by atoms with E-state index >= 15 is 0 Å². The predicted molar refractivity (Wildman–Crippen MR) is 164 cm³/mol. The summed E-state index contributed by atoms with van der Waals surface area (Å²) >= 11 is 2.54. The number of amides is 1. The molecule has 7 nitrogen and oxygen atoms in total. The predicted octanol–water partition coefficient (Wildman–Crippen LogP) is 7.25. The first-order valence-corrected chi connectivity index (χ1v) is 17.7. The number of halogens is 1. The summed E-state index contributed by atoms with van der Waals surface area (Å²) in [4.78, 5) is 24.4. The number of fused-ring (bicyclic) bond motifs is 1. The highest BCUT2D eigenvalue weighted by atomic mass is 127. The van der Waals surface area contributed by atoms with Gasteiger partial charge in [-0.05, 0) is 60.7 Å². The molecule has 3 aromatic rings. The smallest absolute Gasteiger partial charge is 0.274 e. The second kappa shape index (κ2) is 10.2. The molecule has 2 fully saturated rings. The molecule has 5 atom stereocenters. The molecule has 204 valence electrons. The van der Waals surface area contributed by atoms with Crippen molar-refractivity contribution < 1.29 is 13.6 Å². The lowest BCUT2D eigenvalue weighted by Crippen LogP contribution is -2.55. The molecule has 38 heavy (non-hydrogen) atoms. The molecule has 0 aromatic carbocycles. The number of piperidine rings is 1. The van der Waals surface area contributed by atoms with Crippen molar-refractivity contribution in [1.29, 1.82) is 0 Å². The van der Waals surface area contributed by atoms with E-state index in [9.17, 15) is 4.79 Å². The van der Waals surface area contributed by atoms with Crippen LogP contribution in [0.15, 0.2) is 41.1 Å². The Morgan fingerprint density at radius 2 is 1.92 bits per heavy atom. The molecule has 1 aliphatic heterocycles. The van der Waals surface area contributed by atoms with Crippen LogP contribution in [0.3, 0.4) is 0 Å². The van der Waals surface area contributed by atoms with Crippen LogP contribution in [0.1, 0.15) is 63.2 Å². The van der Waals surface area contributed by atoms with Crippen LogP contribution in [0.2, 0.25) is 18.1 Å². The molecule has 9 heteroatoms. The van der Waals surface area contributed by atoms with Gasteiger partial charge in [-0.2, -0.15) is 0 Å². The molecule has 0 spiro atoms. The molecule has 4 heterocycles. The number of carbonyl (C=O) groups excluding carboxylic acids is 1. The van der Waals surface area contributed by atoms with Gasteiger partial charge in [0.1, 0.15) is 11.5 Å². The highest BCUT2D eigenvalue weighted by molar-refractivity contribution is 14.1. The molecule has 5 rings (SSSR count). The summed E-state index contributed by atoms with van der Waals surface area (Å²) < 4.78 is 13.2. The zero-order valence-electron chi connectivity index (χ0n) is 23.4. The average molecular weight is 647 g/mol. The van der Waals surface area contributed by atoms with E-state index in [1.165, 1.54) is 0 Å². The maximum absolute atomic E-state index is 13.3. The largest absolute Gasteiger partial charge is 0.442 e. The van der Waals surface area contributed by atoms with E-state index in [4.69, 9.17) is 8.84 Å². The van der Waals surface area contributed by atoms with Crippen molar-refractivity contribution in [3.63, 3.8) is 0 Å². The third-order valence-corrected chi connectivity index (χ3v) is 14.1. The molecule has 1 amide bonds. The van der Waals surface area contributed by atoms with Crippen LogP contribution in [-0.4, -0.2) is 47.3 Å². The van der Waals surface area contributed by atoms with Crippen LogP contribution < -0.4 is 10.2 Å². The number of hydrogen-bond donors (Lipinski definition) is 1. The monoisotopic (exact) mass is 646 g/mol. The number of anilines is 2. The maximum atomic E-state index is 13.3. The molecule has 2 aliphatic rings. The van der Waals surface area contributed by atoms with Gasteiger partial charge in [-0.3, -0.25) is 9.78 Å². The molecule has 1 N–H and O–H groups in total. The third kappa shape index (κ3) is 5.51. The number of pyridine rings is 2. The Labute approximate surface area is 240 Å². The van der Waals surface area contributed by atoms with E-state index in [-0.39, 0.29) is 17.0 Å². The lowest BCUT2D eigenvalue weighted by molar-refractivity contribution is 0.102. The first-order valence-electron chi connectivity index (χ1n) is 13.6. The molecular weight excluding hydrogens is 607 g/mol. The molecule has 1 aliphatic carbocycles. The number of furan rings is 1. The van der Waals surface area contributed by atoms with Gasteiger partial charge in [-0.15, -0.1) is 0 Å². The number of hydrogen-bond acceptors (Lipinski definition) is 6. The molecule has 0 bridgehead atoms. The summed E-state index contributed by atoms with van der Waals surface area (Å²) in [7, 11) is -1.88. The minimum absolute atomic E-state index is 0.174. The number of alkyl halides is 1. The molecule has 3 aromatic heterocycles. The van der Waals surface area contributed by atoms with Crippen molar-refractivity contribution >= 4 is 59.3 Å². The van der Waals surface area contributed by atoms with Crippen LogP contribution in [0, 0.1) is 11.8 Å². The van der Waals surface area contributed by atoms with Crippen molar-refractivity contribution in [3.8, 4) is 0 Å². The number of nitrogens with one attached hydrogen (secondary N) is 1. The number of rotatable bonds is 6. The molecule has 2 unspecified atom stereocenters. The van der Waals surface area contributed by atoms with Crippen LogP contribution in [0.5, 0.6) is 0 Å². The average Bonchev–Trinajstić information content (AvgIpc) is 3.42. The van der Waals surface area contributed by atoms with Crippen LogP contribution in [-0.2, 0) is 4.43 Å². The normalized spacial score (nSPS) is 26.0. The number of nitrogens with zero attached hydrogens (tertiary/aromatic N) is 3. The maximum Gasteiger partial charge on any atom is 0.274 e. The van der Waals surface area contributed by atoms with Gasteiger partial charge in [0.15, 0.2) is 8.32 Å². The zero-order valence-corrected chi connectivity index (χ0v) is 26.6. The quantitative estimate of drug-likeness (QED) is 0.173. The van der Waals surface area contributed by atoms with Crippen molar-refractivity contribution in [2.45, 2.75) is 75.1 Å². The fourth-order valence-electron chi connectivity index (χ4n) is 5.01. The van der Waals surface area contributed by atoms with Crippen molar-refractivity contribution in [1.82, 2.24) is 9.97 Å². The lowest BCUT2D eigenvalue weighted by atomic mass is 9.96. The van der Waals surface area contributed by atoms with Gasteiger partial charge in [0.05, 0.1) is 27.6 Å². The molecule has 1 saturated heterocycles. The fraction of sp³-hybridized carbons (Fsp3) is 0.552. The van der Waals surface area contributed by atoms with Crippen LogP contribution in [0.25, 0.3) is 11.1 Å². The summed E-state index contributed by atoms with van der Waals surface area (Å²) in [6, 6.07) is 7.71. The number of aromatic nitrogens is 2. The van der Waals surface area contributed by atoms with Gasteiger partial charge < -0.3 is 19.1 Å². The third-order valence-electron chi connectivity index (χ3n) is 8.55. The number of carbonyl (C=O) groups is 1. The summed E-state index contributed by atoms with van der Waals surface area (Å²) in [5.74, 6) is 2.17. The summed E-state index contributed by atoms with van der Waals surface area (Å²) in [5, 5.41) is 4.17. The fourth-order valence-corrected chi connectivity index (χ4v) is 8.05. The SMILES string of the molecule is CC1CC1c1cc2ccc(C(=O)Nc3cnccc3N3C[C@@H](I)[C@H](O[Si](C)(C)C(C)(C)C)[C@@H](C)C3)nc2o1. The van der Waals surface area contributed by atoms with Gasteiger partial charge in [-0.25, -0.2) is 4.98 Å². The van der Waals surface area contributed by atoms with Crippen LogP contribution in [0.4, 0.5) is 11.4 Å². The highest BCUT2D eigenvalue weighted by Crippen LogP contribution is 2.48. The van der Waals surface area contributed by atoms with E-state index in [2.05, 4.69) is 96.6 Å². The summed E-state index contributed by atoms with van der Waals surface area (Å²) in [5.41, 5.74) is 2.50. The summed E-state index contributed by atoms with van der Waals surface area (Å²) in [6.07, 6.45) is 4.85. The van der Waals surface area contributed by atoms with Crippen LogP contribution >= 0.6 is 22.6 Å². The Morgan fingerprint density at radius 3 is 2.58 bits per heavy atom. The van der Waals surface area contributed by atoms with E-state index in [1.54, 1.807) is 18.5 Å². The first-order chi connectivity index (χ1) is 17.8. The van der Waals surface area contributed by atoms with Gasteiger partial charge >= 0.3 is 0 Å². The van der Waals surface area contributed by atoms with E-state index in [0.717, 1.165) is 36.3 Å². The van der Waals surface area contributed by atoms with E-state index in [0.29, 0.717) is 38.8 Å². The Morgan fingerprint density at radius 1 is 1.18 bits per heavy atom. The zero-order chi connectivity index (χ0) is 27.4. The van der Waals surface area contributed by atoms with E-state index < -0.39 is 8.32 Å².